The molecule has 2 rings (SSSR count). The number of para-hydroxylation sites is 1. The van der Waals surface area contributed by atoms with Crippen LogP contribution in [-0.2, 0) is 16.0 Å². The molecule has 0 aromatic heterocycles. The number of aryl methyl sites for hydroxylation is 1. The van der Waals surface area contributed by atoms with Gasteiger partial charge in [-0.2, -0.15) is 0 Å². The topological polar surface area (TPSA) is 58.6 Å². The molecule has 1 aliphatic carbocycles. The number of nitrogens with one attached hydrogen (secondary N) is 1. The minimum atomic E-state index is 0.0286. The predicted molar refractivity (Wildman–Crippen MR) is 86.9 cm³/mol. The summed E-state index contributed by atoms with van der Waals surface area (Å²) < 4.78 is 5.83. The van der Waals surface area contributed by atoms with Gasteiger partial charge in [0.25, 0.3) is 0 Å². The van der Waals surface area contributed by atoms with Crippen LogP contribution in [0.25, 0.3) is 0 Å². The van der Waals surface area contributed by atoms with Crippen LogP contribution in [-0.4, -0.2) is 30.3 Å². The Morgan fingerprint density at radius 3 is 2.77 bits per heavy atom. The van der Waals surface area contributed by atoms with Crippen LogP contribution in [0, 0.1) is 0 Å². The Kier molecular flexibility index (Phi) is 7.23. The molecule has 1 aliphatic rings. The first-order valence-corrected chi connectivity index (χ1v) is 8.41. The Morgan fingerprint density at radius 2 is 2.00 bits per heavy atom. The van der Waals surface area contributed by atoms with E-state index in [4.69, 9.17) is 4.74 Å². The zero-order chi connectivity index (χ0) is 15.6. The molecule has 0 heterocycles. The number of ether oxygens (including phenoxy) is 1. The first-order chi connectivity index (χ1) is 10.8. The maximum Gasteiger partial charge on any atom is 0.220 e. The molecule has 1 saturated carbocycles. The second kappa shape index (κ2) is 9.46. The van der Waals surface area contributed by atoms with Crippen LogP contribution in [0.5, 0.6) is 5.75 Å². The fourth-order valence-electron chi connectivity index (χ4n) is 2.84. The van der Waals surface area contributed by atoms with Crippen molar-refractivity contribution < 1.29 is 14.6 Å². The van der Waals surface area contributed by atoms with E-state index in [9.17, 15) is 9.90 Å². The highest BCUT2D eigenvalue weighted by Gasteiger charge is 2.13. The molecule has 0 unspecified atom stereocenters. The second-order valence-corrected chi connectivity index (χ2v) is 5.96. The molecule has 1 amide bonds. The molecular formula is C18H27NO3. The van der Waals surface area contributed by atoms with Crippen molar-refractivity contribution in [2.45, 2.75) is 57.5 Å². The average Bonchev–Trinajstić information content (AvgIpc) is 2.55. The van der Waals surface area contributed by atoms with Crippen molar-refractivity contribution in [2.24, 2.45) is 0 Å². The molecule has 1 aromatic rings. The smallest absolute Gasteiger partial charge is 0.220 e. The first-order valence-electron chi connectivity index (χ1n) is 8.41. The molecule has 0 saturated heterocycles. The van der Waals surface area contributed by atoms with Crippen molar-refractivity contribution in [3.05, 3.63) is 29.8 Å². The van der Waals surface area contributed by atoms with Crippen LogP contribution < -0.4 is 5.32 Å². The summed E-state index contributed by atoms with van der Waals surface area (Å²) in [6.45, 7) is 1.39. The highest BCUT2D eigenvalue weighted by atomic mass is 16.5. The third-order valence-corrected chi connectivity index (χ3v) is 4.16. The molecule has 0 spiro atoms. The van der Waals surface area contributed by atoms with Gasteiger partial charge in [-0.1, -0.05) is 37.5 Å². The highest BCUT2D eigenvalue weighted by Crippen LogP contribution is 2.20. The van der Waals surface area contributed by atoms with E-state index >= 15 is 0 Å². The van der Waals surface area contributed by atoms with Gasteiger partial charge in [-0.15, -0.1) is 0 Å². The van der Waals surface area contributed by atoms with E-state index in [2.05, 4.69) is 5.32 Å². The van der Waals surface area contributed by atoms with Crippen LogP contribution in [0.15, 0.2) is 24.3 Å². The summed E-state index contributed by atoms with van der Waals surface area (Å²) in [5.74, 6) is 0.289. The van der Waals surface area contributed by atoms with Gasteiger partial charge in [0, 0.05) is 19.6 Å². The zero-order valence-corrected chi connectivity index (χ0v) is 13.2. The largest absolute Gasteiger partial charge is 0.508 e. The molecule has 122 valence electrons. The molecule has 2 N–H and O–H groups in total. The Bertz CT molecular complexity index is 455. The average molecular weight is 305 g/mol. The number of benzene rings is 1. The fourth-order valence-corrected chi connectivity index (χ4v) is 2.84. The van der Waals surface area contributed by atoms with Gasteiger partial charge in [-0.3, -0.25) is 4.79 Å². The number of carbonyl (C=O) groups excluding carboxylic acids is 1. The lowest BCUT2D eigenvalue weighted by Gasteiger charge is -2.21. The quantitative estimate of drug-likeness (QED) is 0.725. The number of rotatable bonds is 8. The Hall–Kier alpha value is -1.55. The van der Waals surface area contributed by atoms with E-state index in [0.717, 1.165) is 18.6 Å². The van der Waals surface area contributed by atoms with E-state index in [1.165, 1.54) is 32.1 Å². The van der Waals surface area contributed by atoms with E-state index in [0.29, 0.717) is 25.5 Å². The summed E-state index contributed by atoms with van der Waals surface area (Å²) in [6, 6.07) is 7.15. The second-order valence-electron chi connectivity index (χ2n) is 5.96. The monoisotopic (exact) mass is 305 g/mol. The van der Waals surface area contributed by atoms with Crippen molar-refractivity contribution in [3.8, 4) is 5.75 Å². The van der Waals surface area contributed by atoms with Gasteiger partial charge in [0.1, 0.15) is 5.75 Å². The lowest BCUT2D eigenvalue weighted by Crippen LogP contribution is -2.26. The van der Waals surface area contributed by atoms with Crippen molar-refractivity contribution in [1.29, 1.82) is 0 Å². The SMILES string of the molecule is O=C(CCc1ccccc1O)NCCCOC1CCCCC1. The molecular weight excluding hydrogens is 278 g/mol. The number of hydrogen-bond acceptors (Lipinski definition) is 3. The molecule has 1 aromatic carbocycles. The third kappa shape index (κ3) is 6.06. The van der Waals surface area contributed by atoms with Gasteiger partial charge in [-0.25, -0.2) is 0 Å². The normalized spacial score (nSPS) is 15.6. The summed E-state index contributed by atoms with van der Waals surface area (Å²) >= 11 is 0. The molecule has 4 nitrogen and oxygen atoms in total. The number of phenolic OH excluding ortho intramolecular Hbond substituents is 1. The van der Waals surface area contributed by atoms with Gasteiger partial charge < -0.3 is 15.2 Å². The van der Waals surface area contributed by atoms with Crippen LogP contribution >= 0.6 is 0 Å². The van der Waals surface area contributed by atoms with Crippen LogP contribution in [0.4, 0.5) is 0 Å². The predicted octanol–water partition coefficient (Wildman–Crippen LogP) is 3.18. The summed E-state index contributed by atoms with van der Waals surface area (Å²) in [7, 11) is 0. The van der Waals surface area contributed by atoms with Gasteiger partial charge >= 0.3 is 0 Å². The van der Waals surface area contributed by atoms with Crippen molar-refractivity contribution in [3.63, 3.8) is 0 Å². The number of phenols is 1. The van der Waals surface area contributed by atoms with Crippen molar-refractivity contribution in [1.82, 2.24) is 5.32 Å². The van der Waals surface area contributed by atoms with Crippen molar-refractivity contribution in [2.75, 3.05) is 13.2 Å². The lowest BCUT2D eigenvalue weighted by atomic mass is 9.98. The number of carbonyl (C=O) groups is 1. The van der Waals surface area contributed by atoms with Crippen LogP contribution in [0.2, 0.25) is 0 Å². The molecule has 0 atom stereocenters. The minimum absolute atomic E-state index is 0.0286. The molecule has 0 aliphatic heterocycles. The van der Waals surface area contributed by atoms with E-state index in [1.54, 1.807) is 12.1 Å². The summed E-state index contributed by atoms with van der Waals surface area (Å²) in [5, 5.41) is 12.6. The van der Waals surface area contributed by atoms with Gasteiger partial charge in [0.2, 0.25) is 5.91 Å². The van der Waals surface area contributed by atoms with E-state index in [-0.39, 0.29) is 11.7 Å². The summed E-state index contributed by atoms with van der Waals surface area (Å²) in [4.78, 5) is 11.8. The van der Waals surface area contributed by atoms with Crippen LogP contribution in [0.1, 0.15) is 50.5 Å². The standard InChI is InChI=1S/C18H27NO3/c20-17-10-5-4-7-15(17)11-12-18(21)19-13-6-14-22-16-8-2-1-3-9-16/h4-5,7,10,16,20H,1-3,6,8-9,11-14H2,(H,19,21). The van der Waals surface area contributed by atoms with Gasteiger partial charge in [-0.05, 0) is 37.3 Å². The maximum atomic E-state index is 11.8. The highest BCUT2D eigenvalue weighted by molar-refractivity contribution is 5.76. The Labute approximate surface area is 132 Å². The number of aromatic hydroxyl groups is 1. The Balaban J connectivity index is 1.51. The summed E-state index contributed by atoms with van der Waals surface area (Å²) in [6.07, 6.45) is 8.55. The number of amides is 1. The molecule has 22 heavy (non-hydrogen) atoms. The van der Waals surface area contributed by atoms with Crippen molar-refractivity contribution >= 4 is 5.91 Å². The fraction of sp³-hybridized carbons (Fsp3) is 0.611. The minimum Gasteiger partial charge on any atom is -0.508 e. The molecule has 1 fully saturated rings. The molecule has 4 heteroatoms. The van der Waals surface area contributed by atoms with Gasteiger partial charge in [0.05, 0.1) is 6.10 Å². The third-order valence-electron chi connectivity index (χ3n) is 4.16. The van der Waals surface area contributed by atoms with Gasteiger partial charge in [0.15, 0.2) is 0 Å². The maximum absolute atomic E-state index is 11.8. The summed E-state index contributed by atoms with van der Waals surface area (Å²) in [5.41, 5.74) is 0.818. The van der Waals surface area contributed by atoms with E-state index in [1.807, 2.05) is 12.1 Å². The van der Waals surface area contributed by atoms with Crippen LogP contribution in [0.3, 0.4) is 0 Å². The number of hydrogen-bond donors (Lipinski definition) is 2. The Morgan fingerprint density at radius 1 is 1.23 bits per heavy atom. The zero-order valence-electron chi connectivity index (χ0n) is 13.2. The first kappa shape index (κ1) is 16.8. The van der Waals surface area contributed by atoms with E-state index < -0.39 is 0 Å². The molecule has 0 bridgehead atoms. The lowest BCUT2D eigenvalue weighted by molar-refractivity contribution is -0.121. The molecule has 0 radical (unpaired) electrons.